The third-order valence-corrected chi connectivity index (χ3v) is 2.79. The summed E-state index contributed by atoms with van der Waals surface area (Å²) in [5.41, 5.74) is -0.494. The quantitative estimate of drug-likeness (QED) is 0.745. The van der Waals surface area contributed by atoms with Gasteiger partial charge < -0.3 is 9.09 Å². The Morgan fingerprint density at radius 1 is 1.24 bits per heavy atom. The van der Waals surface area contributed by atoms with Crippen LogP contribution in [0.4, 0.5) is 13.2 Å². The Morgan fingerprint density at radius 2 is 2.10 bits per heavy atom. The predicted molar refractivity (Wildman–Crippen MR) is 66.1 cm³/mol. The standard InChI is InChI=1S/C13H9F3N4O/c14-13(15,16)10-3-1-2-9(6-10)12-18-11(21-19-12)7-20-5-4-17-8-20/h1-6,8H,7H2. The van der Waals surface area contributed by atoms with Gasteiger partial charge in [0, 0.05) is 18.0 Å². The van der Waals surface area contributed by atoms with Crippen molar-refractivity contribution in [1.82, 2.24) is 19.7 Å². The molecule has 0 radical (unpaired) electrons. The van der Waals surface area contributed by atoms with Gasteiger partial charge in [-0.3, -0.25) is 0 Å². The lowest BCUT2D eigenvalue weighted by molar-refractivity contribution is -0.137. The van der Waals surface area contributed by atoms with Gasteiger partial charge in [0.25, 0.3) is 0 Å². The van der Waals surface area contributed by atoms with E-state index in [2.05, 4.69) is 15.1 Å². The van der Waals surface area contributed by atoms with Gasteiger partial charge in [-0.15, -0.1) is 0 Å². The zero-order valence-electron chi connectivity index (χ0n) is 10.6. The largest absolute Gasteiger partial charge is 0.416 e. The van der Waals surface area contributed by atoms with Gasteiger partial charge in [-0.05, 0) is 12.1 Å². The zero-order valence-corrected chi connectivity index (χ0v) is 10.6. The van der Waals surface area contributed by atoms with Crippen molar-refractivity contribution in [1.29, 1.82) is 0 Å². The Kier molecular flexibility index (Phi) is 3.20. The molecule has 3 rings (SSSR count). The normalized spacial score (nSPS) is 11.8. The van der Waals surface area contributed by atoms with E-state index >= 15 is 0 Å². The average molecular weight is 294 g/mol. The van der Waals surface area contributed by atoms with Gasteiger partial charge in [0.05, 0.1) is 11.9 Å². The van der Waals surface area contributed by atoms with Crippen molar-refractivity contribution >= 4 is 0 Å². The van der Waals surface area contributed by atoms with Gasteiger partial charge in [-0.2, -0.15) is 18.2 Å². The molecule has 0 saturated carbocycles. The zero-order chi connectivity index (χ0) is 14.9. The molecule has 0 aliphatic rings. The fourth-order valence-corrected chi connectivity index (χ4v) is 1.81. The molecule has 0 bridgehead atoms. The first-order chi connectivity index (χ1) is 10.0. The second-order valence-corrected chi connectivity index (χ2v) is 4.33. The van der Waals surface area contributed by atoms with Crippen LogP contribution in [0.2, 0.25) is 0 Å². The van der Waals surface area contributed by atoms with Crippen molar-refractivity contribution in [3.8, 4) is 11.4 Å². The van der Waals surface area contributed by atoms with Crippen LogP contribution in [-0.4, -0.2) is 19.7 Å². The number of hydrogen-bond donors (Lipinski definition) is 0. The number of imidazole rings is 1. The summed E-state index contributed by atoms with van der Waals surface area (Å²) in [6, 6.07) is 4.80. The first kappa shape index (κ1) is 13.3. The minimum Gasteiger partial charge on any atom is -0.337 e. The van der Waals surface area contributed by atoms with Crippen molar-refractivity contribution < 1.29 is 17.7 Å². The molecule has 0 N–H and O–H groups in total. The second-order valence-electron chi connectivity index (χ2n) is 4.33. The third-order valence-electron chi connectivity index (χ3n) is 2.79. The summed E-state index contributed by atoms with van der Waals surface area (Å²) >= 11 is 0. The lowest BCUT2D eigenvalue weighted by Gasteiger charge is -2.06. The van der Waals surface area contributed by atoms with Crippen molar-refractivity contribution in [3.05, 3.63) is 54.4 Å². The van der Waals surface area contributed by atoms with Gasteiger partial charge in [-0.1, -0.05) is 17.3 Å². The highest BCUT2D eigenvalue weighted by molar-refractivity contribution is 5.55. The van der Waals surface area contributed by atoms with E-state index in [4.69, 9.17) is 4.52 Å². The van der Waals surface area contributed by atoms with Crippen LogP contribution in [0.25, 0.3) is 11.4 Å². The van der Waals surface area contributed by atoms with Gasteiger partial charge >= 0.3 is 6.18 Å². The number of rotatable bonds is 3. The molecule has 0 aliphatic heterocycles. The molecule has 0 saturated heterocycles. The molecule has 0 spiro atoms. The fourth-order valence-electron chi connectivity index (χ4n) is 1.81. The fraction of sp³-hybridized carbons (Fsp3) is 0.154. The molecule has 0 aliphatic carbocycles. The number of nitrogens with zero attached hydrogens (tertiary/aromatic N) is 4. The van der Waals surface area contributed by atoms with Gasteiger partial charge in [0.15, 0.2) is 0 Å². The van der Waals surface area contributed by atoms with E-state index in [0.717, 1.165) is 12.1 Å². The number of alkyl halides is 3. The highest BCUT2D eigenvalue weighted by Crippen LogP contribution is 2.31. The maximum atomic E-state index is 12.7. The number of hydrogen-bond acceptors (Lipinski definition) is 4. The second kappa shape index (κ2) is 5.04. The first-order valence-electron chi connectivity index (χ1n) is 5.98. The topological polar surface area (TPSA) is 56.7 Å². The molecule has 0 amide bonds. The van der Waals surface area contributed by atoms with E-state index in [9.17, 15) is 13.2 Å². The molecule has 108 valence electrons. The van der Waals surface area contributed by atoms with E-state index < -0.39 is 11.7 Å². The minimum absolute atomic E-state index is 0.121. The highest BCUT2D eigenvalue weighted by atomic mass is 19.4. The Bertz CT molecular complexity index is 734. The number of halogens is 3. The summed E-state index contributed by atoms with van der Waals surface area (Å²) in [6.07, 6.45) is 0.492. The van der Waals surface area contributed by atoms with Gasteiger partial charge in [0.1, 0.15) is 6.54 Å². The van der Waals surface area contributed by atoms with E-state index in [-0.39, 0.29) is 11.4 Å². The van der Waals surface area contributed by atoms with Crippen molar-refractivity contribution in [2.75, 3.05) is 0 Å². The molecule has 5 nitrogen and oxygen atoms in total. The van der Waals surface area contributed by atoms with Crippen LogP contribution in [0, 0.1) is 0 Å². The molecule has 8 heteroatoms. The molecule has 1 aromatic carbocycles. The monoisotopic (exact) mass is 294 g/mol. The molecular weight excluding hydrogens is 285 g/mol. The van der Waals surface area contributed by atoms with Crippen molar-refractivity contribution in [2.45, 2.75) is 12.7 Å². The first-order valence-corrected chi connectivity index (χ1v) is 5.98. The molecule has 0 fully saturated rings. The lowest BCUT2D eigenvalue weighted by atomic mass is 10.1. The number of benzene rings is 1. The van der Waals surface area contributed by atoms with Crippen LogP contribution in [-0.2, 0) is 12.7 Å². The molecule has 2 aromatic heterocycles. The summed E-state index contributed by atoms with van der Waals surface area (Å²) in [6.45, 7) is 0.311. The SMILES string of the molecule is FC(F)(F)c1cccc(-c2noc(Cn3ccnc3)n2)c1. The predicted octanol–water partition coefficient (Wildman–Crippen LogP) is 3.00. The maximum absolute atomic E-state index is 12.7. The average Bonchev–Trinajstić information content (AvgIpc) is 3.10. The minimum atomic E-state index is -4.40. The lowest BCUT2D eigenvalue weighted by Crippen LogP contribution is -2.04. The van der Waals surface area contributed by atoms with Crippen LogP contribution in [0.15, 0.2) is 47.5 Å². The molecule has 0 unspecified atom stereocenters. The van der Waals surface area contributed by atoms with E-state index in [1.54, 1.807) is 23.3 Å². The van der Waals surface area contributed by atoms with Crippen molar-refractivity contribution in [3.63, 3.8) is 0 Å². The van der Waals surface area contributed by atoms with E-state index in [1.807, 2.05) is 0 Å². The van der Waals surface area contributed by atoms with Gasteiger partial charge in [-0.25, -0.2) is 4.98 Å². The molecule has 0 atom stereocenters. The number of aromatic nitrogens is 4. The van der Waals surface area contributed by atoms with Crippen LogP contribution in [0.3, 0.4) is 0 Å². The third kappa shape index (κ3) is 2.93. The van der Waals surface area contributed by atoms with E-state index in [0.29, 0.717) is 12.4 Å². The van der Waals surface area contributed by atoms with Crippen LogP contribution >= 0.6 is 0 Å². The van der Waals surface area contributed by atoms with Crippen molar-refractivity contribution in [2.24, 2.45) is 0 Å². The molecule has 3 aromatic rings. The Balaban J connectivity index is 1.86. The summed E-state index contributed by atoms with van der Waals surface area (Å²) < 4.78 is 44.7. The summed E-state index contributed by atoms with van der Waals surface area (Å²) in [5, 5.41) is 3.70. The van der Waals surface area contributed by atoms with E-state index in [1.165, 1.54) is 12.1 Å². The molecular formula is C13H9F3N4O. The maximum Gasteiger partial charge on any atom is 0.416 e. The summed E-state index contributed by atoms with van der Waals surface area (Å²) in [7, 11) is 0. The van der Waals surface area contributed by atoms with Gasteiger partial charge in [0.2, 0.25) is 11.7 Å². The van der Waals surface area contributed by atoms with Crippen LogP contribution in [0.5, 0.6) is 0 Å². The van der Waals surface area contributed by atoms with Crippen LogP contribution < -0.4 is 0 Å². The van der Waals surface area contributed by atoms with Crippen LogP contribution in [0.1, 0.15) is 11.5 Å². The molecule has 21 heavy (non-hydrogen) atoms. The summed E-state index contributed by atoms with van der Waals surface area (Å²) in [5.74, 6) is 0.414. The smallest absolute Gasteiger partial charge is 0.337 e. The highest BCUT2D eigenvalue weighted by Gasteiger charge is 2.30. The molecule has 2 heterocycles. The Labute approximate surface area is 117 Å². The Hall–Kier alpha value is -2.64. The Morgan fingerprint density at radius 3 is 2.81 bits per heavy atom. The summed E-state index contributed by atoms with van der Waals surface area (Å²) in [4.78, 5) is 7.95.